The van der Waals surface area contributed by atoms with E-state index in [0.29, 0.717) is 29.6 Å². The Hall–Kier alpha value is -0.900. The third-order valence-corrected chi connectivity index (χ3v) is 8.62. The molecular weight excluding hydrogens is 372 g/mol. The number of rotatable bonds is 6. The third kappa shape index (κ3) is 5.11. The number of hydrogen-bond acceptors (Lipinski definition) is 3. The highest BCUT2D eigenvalue weighted by atomic mass is 16.3. The molecule has 0 aromatic rings. The first-order valence-electron chi connectivity index (χ1n) is 12.2. The van der Waals surface area contributed by atoms with E-state index in [4.69, 9.17) is 0 Å². The maximum atomic E-state index is 10.3. The molecule has 0 aromatic carbocycles. The van der Waals surface area contributed by atoms with E-state index in [2.05, 4.69) is 32.6 Å². The fourth-order valence-corrected chi connectivity index (χ4v) is 6.58. The van der Waals surface area contributed by atoms with Crippen LogP contribution < -0.4 is 0 Å². The monoisotopic (exact) mass is 416 g/mol. The van der Waals surface area contributed by atoms with Crippen molar-refractivity contribution in [2.24, 2.45) is 23.2 Å². The van der Waals surface area contributed by atoms with Gasteiger partial charge in [-0.1, -0.05) is 43.7 Å². The third-order valence-electron chi connectivity index (χ3n) is 8.62. The summed E-state index contributed by atoms with van der Waals surface area (Å²) < 4.78 is 0. The molecule has 0 saturated heterocycles. The van der Waals surface area contributed by atoms with Crippen LogP contribution in [0, 0.1) is 23.2 Å². The lowest BCUT2D eigenvalue weighted by atomic mass is 9.60. The van der Waals surface area contributed by atoms with Crippen LogP contribution in [0.15, 0.2) is 35.5 Å². The summed E-state index contributed by atoms with van der Waals surface area (Å²) in [5.41, 5.74) is 3.34. The van der Waals surface area contributed by atoms with Crippen molar-refractivity contribution in [1.82, 2.24) is 0 Å². The van der Waals surface area contributed by atoms with Gasteiger partial charge in [0.05, 0.1) is 17.8 Å². The molecule has 3 saturated carbocycles. The van der Waals surface area contributed by atoms with Crippen LogP contribution in [0.5, 0.6) is 0 Å². The molecule has 170 valence electrons. The van der Waals surface area contributed by atoms with Gasteiger partial charge in [-0.15, -0.1) is 0 Å². The summed E-state index contributed by atoms with van der Waals surface area (Å²) >= 11 is 0. The molecule has 0 unspecified atom stereocenters. The van der Waals surface area contributed by atoms with Gasteiger partial charge in [0.1, 0.15) is 0 Å². The first-order valence-corrected chi connectivity index (χ1v) is 12.2. The molecule has 0 heterocycles. The molecule has 0 spiro atoms. The van der Waals surface area contributed by atoms with E-state index >= 15 is 0 Å². The second kappa shape index (κ2) is 9.30. The Morgan fingerprint density at radius 3 is 2.60 bits per heavy atom. The Labute approximate surface area is 184 Å². The van der Waals surface area contributed by atoms with Crippen molar-refractivity contribution >= 4 is 0 Å². The van der Waals surface area contributed by atoms with Gasteiger partial charge >= 0.3 is 0 Å². The molecule has 0 aliphatic heterocycles. The van der Waals surface area contributed by atoms with Crippen molar-refractivity contribution in [3.05, 3.63) is 35.5 Å². The van der Waals surface area contributed by atoms with Crippen LogP contribution in [0.4, 0.5) is 0 Å². The van der Waals surface area contributed by atoms with Crippen molar-refractivity contribution in [3.63, 3.8) is 0 Å². The van der Waals surface area contributed by atoms with Crippen molar-refractivity contribution in [2.45, 2.75) is 110 Å². The van der Waals surface area contributed by atoms with E-state index in [1.165, 1.54) is 43.3 Å². The average molecular weight is 417 g/mol. The van der Waals surface area contributed by atoms with Gasteiger partial charge in [0.25, 0.3) is 0 Å². The fraction of sp³-hybridized carbons (Fsp3) is 0.778. The Morgan fingerprint density at radius 2 is 1.90 bits per heavy atom. The van der Waals surface area contributed by atoms with Crippen LogP contribution in [0.3, 0.4) is 0 Å². The first kappa shape index (κ1) is 23.8. The molecule has 3 rings (SSSR count). The number of hydrogen-bond donors (Lipinski definition) is 3. The first-order chi connectivity index (χ1) is 14.0. The zero-order valence-corrected chi connectivity index (χ0v) is 19.7. The summed E-state index contributed by atoms with van der Waals surface area (Å²) in [6, 6.07) is 0. The Morgan fingerprint density at radius 1 is 1.17 bits per heavy atom. The number of aliphatic hydroxyl groups is 3. The fourth-order valence-electron chi connectivity index (χ4n) is 6.58. The van der Waals surface area contributed by atoms with Gasteiger partial charge in [-0.05, 0) is 107 Å². The standard InChI is InChI=1S/C27H44O3/c1-18-8-12-22(28)17-21(18)11-10-20-7-6-16-27(5)23(13-14-24(20)27)19(2)9-15-25(29)26(3,4)30/h10-11,19,22-25,28-30H,1,6-9,12-17H2,2-5H3/b20-10?,21-11-/t19-,22+,23-,24+,25-,27-/m1/s1. The Bertz CT molecular complexity index is 683. The van der Waals surface area contributed by atoms with E-state index in [9.17, 15) is 15.3 Å². The molecule has 0 radical (unpaired) electrons. The summed E-state index contributed by atoms with van der Waals surface area (Å²) in [5.74, 6) is 1.89. The topological polar surface area (TPSA) is 60.7 Å². The highest BCUT2D eigenvalue weighted by Crippen LogP contribution is 2.60. The highest BCUT2D eigenvalue weighted by molar-refractivity contribution is 5.36. The minimum absolute atomic E-state index is 0.215. The quantitative estimate of drug-likeness (QED) is 0.520. The van der Waals surface area contributed by atoms with E-state index in [1.807, 2.05) is 0 Å². The van der Waals surface area contributed by atoms with Gasteiger partial charge in [0, 0.05) is 0 Å². The maximum absolute atomic E-state index is 10.3. The van der Waals surface area contributed by atoms with Crippen molar-refractivity contribution in [3.8, 4) is 0 Å². The smallest absolute Gasteiger partial charge is 0.0849 e. The number of allylic oxidation sites excluding steroid dienone is 4. The maximum Gasteiger partial charge on any atom is 0.0849 e. The number of aliphatic hydroxyl groups excluding tert-OH is 2. The van der Waals surface area contributed by atoms with Gasteiger partial charge < -0.3 is 15.3 Å². The molecule has 6 atom stereocenters. The molecule has 3 nitrogen and oxygen atoms in total. The van der Waals surface area contributed by atoms with E-state index in [-0.39, 0.29) is 6.10 Å². The lowest BCUT2D eigenvalue weighted by Crippen LogP contribution is -2.38. The van der Waals surface area contributed by atoms with Crippen LogP contribution >= 0.6 is 0 Å². The van der Waals surface area contributed by atoms with Crippen LogP contribution in [0.1, 0.15) is 91.9 Å². The second-order valence-corrected chi connectivity index (χ2v) is 11.3. The lowest BCUT2D eigenvalue weighted by molar-refractivity contribution is -0.0554. The molecule has 3 fully saturated rings. The SMILES string of the molecule is C=C1CC[C@H](O)C/C1=C/C=C1CCC[C@]2(C)[C@@H]([C@H](C)CC[C@@H](O)C(C)(C)O)CC[C@@H]12. The van der Waals surface area contributed by atoms with Gasteiger partial charge in [-0.25, -0.2) is 0 Å². The highest BCUT2D eigenvalue weighted by Gasteiger charge is 2.50. The van der Waals surface area contributed by atoms with Crippen LogP contribution in [-0.2, 0) is 0 Å². The molecule has 3 N–H and O–H groups in total. The normalized spacial score (nSPS) is 37.4. The average Bonchev–Trinajstić information content (AvgIpc) is 3.03. The molecule has 3 aliphatic rings. The van der Waals surface area contributed by atoms with Crippen molar-refractivity contribution < 1.29 is 15.3 Å². The van der Waals surface area contributed by atoms with Gasteiger partial charge in [0.15, 0.2) is 0 Å². The molecule has 3 aliphatic carbocycles. The molecule has 0 bridgehead atoms. The van der Waals surface area contributed by atoms with E-state index in [1.54, 1.807) is 19.4 Å². The molecule has 30 heavy (non-hydrogen) atoms. The summed E-state index contributed by atoms with van der Waals surface area (Å²) in [4.78, 5) is 0. The van der Waals surface area contributed by atoms with Crippen LogP contribution in [-0.4, -0.2) is 33.1 Å². The van der Waals surface area contributed by atoms with Crippen molar-refractivity contribution in [2.75, 3.05) is 0 Å². The summed E-state index contributed by atoms with van der Waals surface area (Å²) in [5, 5.41) is 30.3. The predicted molar refractivity (Wildman–Crippen MR) is 124 cm³/mol. The largest absolute Gasteiger partial charge is 0.393 e. The summed E-state index contributed by atoms with van der Waals surface area (Å²) in [6.45, 7) is 12.5. The zero-order chi connectivity index (χ0) is 22.1. The van der Waals surface area contributed by atoms with Gasteiger partial charge in [0.2, 0.25) is 0 Å². The van der Waals surface area contributed by atoms with E-state index in [0.717, 1.165) is 25.7 Å². The van der Waals surface area contributed by atoms with Gasteiger partial charge in [-0.2, -0.15) is 0 Å². The summed E-state index contributed by atoms with van der Waals surface area (Å²) in [7, 11) is 0. The minimum Gasteiger partial charge on any atom is -0.393 e. The molecule has 0 amide bonds. The number of fused-ring (bicyclic) bond motifs is 1. The Balaban J connectivity index is 1.69. The van der Waals surface area contributed by atoms with E-state index < -0.39 is 11.7 Å². The van der Waals surface area contributed by atoms with Crippen LogP contribution in [0.2, 0.25) is 0 Å². The van der Waals surface area contributed by atoms with Crippen LogP contribution in [0.25, 0.3) is 0 Å². The second-order valence-electron chi connectivity index (χ2n) is 11.3. The minimum atomic E-state index is -1.02. The van der Waals surface area contributed by atoms with Crippen molar-refractivity contribution in [1.29, 1.82) is 0 Å². The predicted octanol–water partition coefficient (Wildman–Crippen LogP) is 5.70. The molecule has 0 aromatic heterocycles. The molecular formula is C27H44O3. The Kier molecular flexibility index (Phi) is 7.37. The zero-order valence-electron chi connectivity index (χ0n) is 19.7. The summed E-state index contributed by atoms with van der Waals surface area (Å²) in [6.07, 6.45) is 14.1. The van der Waals surface area contributed by atoms with Gasteiger partial charge in [-0.3, -0.25) is 0 Å². The lowest BCUT2D eigenvalue weighted by Gasteiger charge is -2.44. The molecule has 3 heteroatoms.